The number of hydrogen-bond acceptors (Lipinski definition) is 5. The van der Waals surface area contributed by atoms with Crippen LogP contribution in [0, 0.1) is 0 Å². The van der Waals surface area contributed by atoms with Gasteiger partial charge >= 0.3 is 0 Å². The fourth-order valence-corrected chi connectivity index (χ4v) is 2.52. The second kappa shape index (κ2) is 5.64. The number of nitrogens with one attached hydrogen (secondary N) is 1. The Morgan fingerprint density at radius 2 is 2.06 bits per heavy atom. The molecule has 5 nitrogen and oxygen atoms in total. The summed E-state index contributed by atoms with van der Waals surface area (Å²) in [5, 5.41) is 13.2. The summed E-state index contributed by atoms with van der Waals surface area (Å²) in [4.78, 5) is 8.30. The van der Waals surface area contributed by atoms with Gasteiger partial charge in [0.05, 0.1) is 12.1 Å². The maximum absolute atomic E-state index is 9.99. The van der Waals surface area contributed by atoms with Gasteiger partial charge in [0.2, 0.25) is 5.95 Å². The predicted molar refractivity (Wildman–Crippen MR) is 70.6 cm³/mol. The monoisotopic (exact) mass is 300 g/mol. The van der Waals surface area contributed by atoms with Crippen molar-refractivity contribution in [3.8, 4) is 0 Å². The number of nitrogens with two attached hydrogens (primary N) is 1. The van der Waals surface area contributed by atoms with Crippen molar-refractivity contribution < 1.29 is 5.11 Å². The quantitative estimate of drug-likeness (QED) is 0.574. The first-order chi connectivity index (χ1) is 8.15. The Morgan fingerprint density at radius 1 is 1.29 bits per heavy atom. The number of nitrogen functional groups attached to an aromatic ring is 1. The van der Waals surface area contributed by atoms with Crippen molar-refractivity contribution >= 4 is 27.7 Å². The van der Waals surface area contributed by atoms with Gasteiger partial charge in [0.1, 0.15) is 10.4 Å². The molecule has 1 aliphatic carbocycles. The first-order valence-electron chi connectivity index (χ1n) is 5.90. The van der Waals surface area contributed by atoms with Gasteiger partial charge in [-0.05, 0) is 28.8 Å². The molecule has 0 amide bonds. The number of rotatable bonds is 2. The summed E-state index contributed by atoms with van der Waals surface area (Å²) in [6.45, 7) is 0. The molecule has 1 aliphatic rings. The van der Waals surface area contributed by atoms with Gasteiger partial charge in [0.25, 0.3) is 0 Å². The number of aliphatic hydroxyl groups excluding tert-OH is 1. The van der Waals surface area contributed by atoms with Crippen molar-refractivity contribution in [1.29, 1.82) is 0 Å². The summed E-state index contributed by atoms with van der Waals surface area (Å²) in [5.41, 5.74) is 5.65. The number of aromatic nitrogens is 2. The van der Waals surface area contributed by atoms with Crippen molar-refractivity contribution in [2.24, 2.45) is 0 Å². The molecule has 4 N–H and O–H groups in total. The van der Waals surface area contributed by atoms with Crippen LogP contribution in [-0.2, 0) is 0 Å². The van der Waals surface area contributed by atoms with Crippen LogP contribution in [0.25, 0.3) is 0 Å². The van der Waals surface area contributed by atoms with E-state index in [-0.39, 0.29) is 12.1 Å². The first-order valence-corrected chi connectivity index (χ1v) is 6.69. The minimum Gasteiger partial charge on any atom is -0.391 e. The van der Waals surface area contributed by atoms with Gasteiger partial charge < -0.3 is 16.2 Å². The van der Waals surface area contributed by atoms with Crippen molar-refractivity contribution in [3.05, 3.63) is 10.7 Å². The van der Waals surface area contributed by atoms with Crippen LogP contribution in [0.1, 0.15) is 32.1 Å². The minimum absolute atomic E-state index is 0.0196. The minimum atomic E-state index is -0.332. The van der Waals surface area contributed by atoms with Crippen LogP contribution in [-0.4, -0.2) is 27.2 Å². The first kappa shape index (κ1) is 12.6. The van der Waals surface area contributed by atoms with E-state index in [4.69, 9.17) is 5.73 Å². The molecule has 0 saturated heterocycles. The number of aliphatic hydroxyl groups is 1. The van der Waals surface area contributed by atoms with Crippen molar-refractivity contribution in [2.75, 3.05) is 11.1 Å². The molecule has 1 aromatic heterocycles. The molecule has 0 aliphatic heterocycles. The van der Waals surface area contributed by atoms with Crippen LogP contribution >= 0.6 is 15.9 Å². The molecular weight excluding hydrogens is 284 g/mol. The van der Waals surface area contributed by atoms with Crippen LogP contribution < -0.4 is 11.1 Å². The van der Waals surface area contributed by atoms with E-state index in [9.17, 15) is 5.11 Å². The van der Waals surface area contributed by atoms with Gasteiger partial charge in [0, 0.05) is 6.07 Å². The van der Waals surface area contributed by atoms with E-state index in [0.717, 1.165) is 25.7 Å². The number of nitrogens with zero attached hydrogens (tertiary/aromatic N) is 2. The number of hydrogen-bond donors (Lipinski definition) is 3. The molecule has 0 bridgehead atoms. The second-order valence-electron chi connectivity index (χ2n) is 4.40. The summed E-state index contributed by atoms with van der Waals surface area (Å²) in [6.07, 6.45) is 4.83. The molecule has 2 atom stereocenters. The lowest BCUT2D eigenvalue weighted by atomic mass is 10.1. The zero-order valence-electron chi connectivity index (χ0n) is 9.56. The third kappa shape index (κ3) is 3.54. The fraction of sp³-hybridized carbons (Fsp3) is 0.636. The van der Waals surface area contributed by atoms with Crippen LogP contribution in [0.4, 0.5) is 11.8 Å². The Kier molecular flexibility index (Phi) is 4.17. The Labute approximate surface area is 109 Å². The maximum atomic E-state index is 9.99. The van der Waals surface area contributed by atoms with Gasteiger partial charge in [-0.3, -0.25) is 0 Å². The van der Waals surface area contributed by atoms with Gasteiger partial charge in [-0.25, -0.2) is 4.98 Å². The molecule has 1 fully saturated rings. The normalized spacial score (nSPS) is 25.3. The molecule has 1 aromatic rings. The van der Waals surface area contributed by atoms with Gasteiger partial charge in [-0.15, -0.1) is 0 Å². The molecule has 0 spiro atoms. The second-order valence-corrected chi connectivity index (χ2v) is 5.21. The summed E-state index contributed by atoms with van der Waals surface area (Å²) < 4.78 is 0.649. The highest BCUT2D eigenvalue weighted by atomic mass is 79.9. The molecule has 1 heterocycles. The molecule has 17 heavy (non-hydrogen) atoms. The smallest absolute Gasteiger partial charge is 0.226 e. The van der Waals surface area contributed by atoms with Gasteiger partial charge in [-0.2, -0.15) is 4.98 Å². The van der Waals surface area contributed by atoms with Crippen LogP contribution in [0.5, 0.6) is 0 Å². The Bertz CT molecular complexity index is 367. The zero-order chi connectivity index (χ0) is 12.3. The SMILES string of the molecule is Nc1cc(Br)nc(NC2CCCCCC2O)n1. The Balaban J connectivity index is 2.07. The van der Waals surface area contributed by atoms with Crippen LogP contribution in [0.15, 0.2) is 10.7 Å². The van der Waals surface area contributed by atoms with E-state index >= 15 is 0 Å². The molecule has 1 saturated carbocycles. The average Bonchev–Trinajstić information content (AvgIpc) is 2.43. The lowest BCUT2D eigenvalue weighted by Gasteiger charge is -2.21. The Morgan fingerprint density at radius 3 is 2.82 bits per heavy atom. The van der Waals surface area contributed by atoms with Crippen molar-refractivity contribution in [2.45, 2.75) is 44.2 Å². The van der Waals surface area contributed by atoms with Crippen LogP contribution in [0.3, 0.4) is 0 Å². The summed E-state index contributed by atoms with van der Waals surface area (Å²) in [6, 6.07) is 1.67. The van der Waals surface area contributed by atoms with E-state index < -0.39 is 0 Å². The molecule has 6 heteroatoms. The highest BCUT2D eigenvalue weighted by Gasteiger charge is 2.22. The van der Waals surface area contributed by atoms with E-state index in [1.165, 1.54) is 6.42 Å². The average molecular weight is 301 g/mol. The molecule has 0 radical (unpaired) electrons. The van der Waals surface area contributed by atoms with E-state index in [2.05, 4.69) is 31.2 Å². The third-order valence-electron chi connectivity index (χ3n) is 3.01. The molecule has 94 valence electrons. The fourth-order valence-electron chi connectivity index (χ4n) is 2.12. The zero-order valence-corrected chi connectivity index (χ0v) is 11.2. The summed E-state index contributed by atoms with van der Waals surface area (Å²) in [7, 11) is 0. The van der Waals surface area contributed by atoms with E-state index in [1.807, 2.05) is 0 Å². The third-order valence-corrected chi connectivity index (χ3v) is 3.41. The summed E-state index contributed by atoms with van der Waals surface area (Å²) in [5.74, 6) is 0.889. The Hall–Kier alpha value is -0.880. The van der Waals surface area contributed by atoms with E-state index in [1.54, 1.807) is 6.07 Å². The standard InChI is InChI=1S/C11H17BrN4O/c12-9-6-10(13)16-11(15-9)14-7-4-2-1-3-5-8(7)17/h6-8,17H,1-5H2,(H3,13,14,15,16). The molecule has 2 rings (SSSR count). The van der Waals surface area contributed by atoms with Gasteiger partial charge in [0.15, 0.2) is 0 Å². The summed E-state index contributed by atoms with van der Waals surface area (Å²) >= 11 is 3.27. The van der Waals surface area contributed by atoms with Crippen molar-refractivity contribution in [3.63, 3.8) is 0 Å². The number of halogens is 1. The molecule has 0 aromatic carbocycles. The molecular formula is C11H17BrN4O. The van der Waals surface area contributed by atoms with Crippen LogP contribution in [0.2, 0.25) is 0 Å². The highest BCUT2D eigenvalue weighted by molar-refractivity contribution is 9.10. The largest absolute Gasteiger partial charge is 0.391 e. The van der Waals surface area contributed by atoms with Crippen molar-refractivity contribution in [1.82, 2.24) is 9.97 Å². The topological polar surface area (TPSA) is 84.1 Å². The highest BCUT2D eigenvalue weighted by Crippen LogP contribution is 2.21. The van der Waals surface area contributed by atoms with E-state index in [0.29, 0.717) is 16.4 Å². The predicted octanol–water partition coefficient (Wildman–Crippen LogP) is 1.93. The maximum Gasteiger partial charge on any atom is 0.226 e. The lowest BCUT2D eigenvalue weighted by Crippen LogP contribution is -2.33. The number of anilines is 2. The lowest BCUT2D eigenvalue weighted by molar-refractivity contribution is 0.144. The molecule has 2 unspecified atom stereocenters. The van der Waals surface area contributed by atoms with Gasteiger partial charge in [-0.1, -0.05) is 19.3 Å².